The number of hydrogen-bond acceptors (Lipinski definition) is 5. The van der Waals surface area contributed by atoms with Gasteiger partial charge < -0.3 is 14.3 Å². The second kappa shape index (κ2) is 7.32. The van der Waals surface area contributed by atoms with Gasteiger partial charge in [-0.2, -0.15) is 5.10 Å². The predicted molar refractivity (Wildman–Crippen MR) is 118 cm³/mol. The molecule has 1 unspecified atom stereocenters. The second-order valence-corrected chi connectivity index (χ2v) is 9.06. The van der Waals surface area contributed by atoms with Gasteiger partial charge in [-0.05, 0) is 38.8 Å². The first-order chi connectivity index (χ1) is 15.3. The molecule has 1 fully saturated rings. The van der Waals surface area contributed by atoms with Gasteiger partial charge in [0.15, 0.2) is 0 Å². The highest BCUT2D eigenvalue weighted by Gasteiger charge is 2.50. The first kappa shape index (κ1) is 20.5. The van der Waals surface area contributed by atoms with Crippen LogP contribution < -0.4 is 0 Å². The molecule has 2 amide bonds. The molecule has 0 spiro atoms. The maximum atomic E-state index is 13.7. The van der Waals surface area contributed by atoms with Crippen molar-refractivity contribution in [1.29, 1.82) is 0 Å². The van der Waals surface area contributed by atoms with E-state index >= 15 is 0 Å². The SMILES string of the molecule is Cc1noc(C)c1C(=O)N1CC(N2C(=O)c3c(c(C)nn3-c3ccccc3)C2C(C)C)C1. The van der Waals surface area contributed by atoms with E-state index in [9.17, 15) is 9.59 Å². The number of carbonyl (C=O) groups excluding carboxylic acids is 2. The van der Waals surface area contributed by atoms with Crippen molar-refractivity contribution in [3.63, 3.8) is 0 Å². The summed E-state index contributed by atoms with van der Waals surface area (Å²) >= 11 is 0. The van der Waals surface area contributed by atoms with Crippen molar-refractivity contribution in [1.82, 2.24) is 24.7 Å². The van der Waals surface area contributed by atoms with Crippen LogP contribution in [-0.4, -0.2) is 55.7 Å². The van der Waals surface area contributed by atoms with Gasteiger partial charge in [0.25, 0.3) is 11.8 Å². The van der Waals surface area contributed by atoms with Crippen LogP contribution in [0.4, 0.5) is 0 Å². The Labute approximate surface area is 186 Å². The largest absolute Gasteiger partial charge is 0.361 e. The van der Waals surface area contributed by atoms with E-state index in [1.54, 1.807) is 23.4 Å². The Kier molecular flexibility index (Phi) is 4.69. The van der Waals surface area contributed by atoms with E-state index in [-0.39, 0.29) is 29.8 Å². The Balaban J connectivity index is 1.44. The smallest absolute Gasteiger partial charge is 0.273 e. The normalized spacial score (nSPS) is 18.4. The van der Waals surface area contributed by atoms with Crippen LogP contribution in [0.2, 0.25) is 0 Å². The summed E-state index contributed by atoms with van der Waals surface area (Å²) in [6.07, 6.45) is 0. The van der Waals surface area contributed by atoms with E-state index in [2.05, 4.69) is 19.0 Å². The lowest BCUT2D eigenvalue weighted by Crippen LogP contribution is -2.62. The Morgan fingerprint density at radius 2 is 1.78 bits per heavy atom. The van der Waals surface area contributed by atoms with Gasteiger partial charge in [0.2, 0.25) is 0 Å². The average Bonchev–Trinajstić information content (AvgIpc) is 3.34. The second-order valence-electron chi connectivity index (χ2n) is 9.06. The van der Waals surface area contributed by atoms with Crippen molar-refractivity contribution in [2.75, 3.05) is 13.1 Å². The first-order valence-electron chi connectivity index (χ1n) is 11.0. The number of aromatic nitrogens is 3. The molecule has 0 N–H and O–H groups in total. The fraction of sp³-hybridized carbons (Fsp3) is 0.417. The molecule has 2 aromatic heterocycles. The minimum absolute atomic E-state index is 0.0161. The summed E-state index contributed by atoms with van der Waals surface area (Å²) in [5, 5.41) is 8.60. The number of para-hydroxylation sites is 1. The molecule has 4 heterocycles. The van der Waals surface area contributed by atoms with E-state index in [4.69, 9.17) is 9.62 Å². The molecule has 166 valence electrons. The van der Waals surface area contributed by atoms with Crippen LogP contribution in [-0.2, 0) is 0 Å². The predicted octanol–water partition coefficient (Wildman–Crippen LogP) is 3.46. The van der Waals surface area contributed by atoms with Crippen LogP contribution in [0.5, 0.6) is 0 Å². The molecular formula is C24H27N5O3. The average molecular weight is 434 g/mol. The molecule has 0 saturated carbocycles. The van der Waals surface area contributed by atoms with Gasteiger partial charge in [-0.1, -0.05) is 37.2 Å². The minimum Gasteiger partial charge on any atom is -0.361 e. The Morgan fingerprint density at radius 3 is 2.38 bits per heavy atom. The summed E-state index contributed by atoms with van der Waals surface area (Å²) in [7, 11) is 0. The Morgan fingerprint density at radius 1 is 1.09 bits per heavy atom. The van der Waals surface area contributed by atoms with E-state index in [0.717, 1.165) is 16.9 Å². The molecule has 8 heteroatoms. The van der Waals surface area contributed by atoms with Gasteiger partial charge in [0.05, 0.1) is 29.2 Å². The third-order valence-electron chi connectivity index (χ3n) is 6.56. The van der Waals surface area contributed by atoms with Crippen LogP contribution in [0.25, 0.3) is 5.69 Å². The Hall–Kier alpha value is -3.42. The lowest BCUT2D eigenvalue weighted by atomic mass is 9.94. The molecule has 1 atom stereocenters. The van der Waals surface area contributed by atoms with Crippen LogP contribution >= 0.6 is 0 Å². The zero-order valence-electron chi connectivity index (χ0n) is 19.0. The number of fused-ring (bicyclic) bond motifs is 1. The number of nitrogens with zero attached hydrogens (tertiary/aromatic N) is 5. The third kappa shape index (κ3) is 2.89. The summed E-state index contributed by atoms with van der Waals surface area (Å²) in [5.74, 6) is 0.644. The van der Waals surface area contributed by atoms with Gasteiger partial charge in [0, 0.05) is 18.7 Å². The number of amides is 2. The molecule has 1 aromatic carbocycles. The molecule has 5 rings (SSSR count). The molecule has 1 saturated heterocycles. The van der Waals surface area contributed by atoms with E-state index in [0.29, 0.717) is 35.8 Å². The van der Waals surface area contributed by atoms with Gasteiger partial charge in [0.1, 0.15) is 17.0 Å². The van der Waals surface area contributed by atoms with Gasteiger partial charge in [-0.15, -0.1) is 0 Å². The summed E-state index contributed by atoms with van der Waals surface area (Å²) in [6, 6.07) is 9.66. The van der Waals surface area contributed by atoms with E-state index < -0.39 is 0 Å². The molecule has 3 aromatic rings. The molecule has 8 nitrogen and oxygen atoms in total. The number of aryl methyl sites for hydroxylation is 3. The van der Waals surface area contributed by atoms with Crippen molar-refractivity contribution in [3.8, 4) is 5.69 Å². The fourth-order valence-electron chi connectivity index (χ4n) is 5.03. The lowest BCUT2D eigenvalue weighted by Gasteiger charge is -2.46. The molecule has 2 aliphatic heterocycles. The number of likely N-dealkylation sites (tertiary alicyclic amines) is 1. The summed E-state index contributed by atoms with van der Waals surface area (Å²) in [4.78, 5) is 30.4. The lowest BCUT2D eigenvalue weighted by molar-refractivity contribution is 0.00817. The molecule has 0 bridgehead atoms. The number of benzene rings is 1. The number of hydrogen-bond donors (Lipinski definition) is 0. The maximum absolute atomic E-state index is 13.7. The van der Waals surface area contributed by atoms with E-state index in [1.165, 1.54) is 0 Å². The summed E-state index contributed by atoms with van der Waals surface area (Å²) in [5.41, 5.74) is 4.52. The molecule has 32 heavy (non-hydrogen) atoms. The zero-order valence-corrected chi connectivity index (χ0v) is 19.0. The monoisotopic (exact) mass is 433 g/mol. The highest BCUT2D eigenvalue weighted by Crippen LogP contribution is 2.44. The number of carbonyl (C=O) groups is 2. The Bertz CT molecular complexity index is 1180. The highest BCUT2D eigenvalue weighted by atomic mass is 16.5. The van der Waals surface area contributed by atoms with Crippen LogP contribution in [0.3, 0.4) is 0 Å². The third-order valence-corrected chi connectivity index (χ3v) is 6.56. The van der Waals surface area contributed by atoms with Crippen LogP contribution in [0.1, 0.15) is 63.4 Å². The maximum Gasteiger partial charge on any atom is 0.273 e. The van der Waals surface area contributed by atoms with Crippen molar-refractivity contribution < 1.29 is 14.1 Å². The van der Waals surface area contributed by atoms with Gasteiger partial charge in [-0.3, -0.25) is 9.59 Å². The van der Waals surface area contributed by atoms with Crippen molar-refractivity contribution in [2.24, 2.45) is 5.92 Å². The molecular weight excluding hydrogens is 406 g/mol. The zero-order chi connectivity index (χ0) is 22.7. The summed E-state index contributed by atoms with van der Waals surface area (Å²) in [6.45, 7) is 10.8. The fourth-order valence-corrected chi connectivity index (χ4v) is 5.03. The van der Waals surface area contributed by atoms with Crippen molar-refractivity contribution in [2.45, 2.75) is 46.7 Å². The molecule has 2 aliphatic rings. The quantitative estimate of drug-likeness (QED) is 0.629. The van der Waals surface area contributed by atoms with Crippen LogP contribution in [0.15, 0.2) is 34.9 Å². The van der Waals surface area contributed by atoms with Crippen molar-refractivity contribution >= 4 is 11.8 Å². The minimum atomic E-state index is -0.0885. The molecule has 0 radical (unpaired) electrons. The first-order valence-corrected chi connectivity index (χ1v) is 11.0. The highest BCUT2D eigenvalue weighted by molar-refractivity contribution is 6.00. The van der Waals surface area contributed by atoms with Crippen molar-refractivity contribution in [3.05, 3.63) is 64.3 Å². The van der Waals surface area contributed by atoms with Gasteiger partial charge in [-0.25, -0.2) is 4.68 Å². The molecule has 0 aliphatic carbocycles. The van der Waals surface area contributed by atoms with Crippen LogP contribution in [0, 0.1) is 26.7 Å². The standard InChI is InChI=1S/C24H27N5O3/c1-13(2)21-20-14(3)25-29(17-9-7-6-8-10-17)22(20)24(31)28(21)18-11-27(12-18)23(30)19-15(4)26-32-16(19)5/h6-10,13,18,21H,11-12H2,1-5H3. The number of rotatable bonds is 4. The van der Waals surface area contributed by atoms with E-state index in [1.807, 2.05) is 42.2 Å². The van der Waals surface area contributed by atoms with Gasteiger partial charge >= 0.3 is 0 Å². The summed E-state index contributed by atoms with van der Waals surface area (Å²) < 4.78 is 6.93. The topological polar surface area (TPSA) is 84.5 Å².